The van der Waals surface area contributed by atoms with Gasteiger partial charge in [0.25, 0.3) is 0 Å². The SMILES string of the molecule is CCC(=O)c1cccc(S(=O)(=O)NC2CCNC2)c1. The van der Waals surface area contributed by atoms with Gasteiger partial charge in [-0.3, -0.25) is 4.79 Å². The molecule has 1 aliphatic rings. The van der Waals surface area contributed by atoms with Gasteiger partial charge in [-0.05, 0) is 25.1 Å². The fraction of sp³-hybridized carbons (Fsp3) is 0.462. The maximum atomic E-state index is 12.2. The van der Waals surface area contributed by atoms with Gasteiger partial charge in [0.15, 0.2) is 5.78 Å². The van der Waals surface area contributed by atoms with Gasteiger partial charge in [-0.15, -0.1) is 0 Å². The largest absolute Gasteiger partial charge is 0.315 e. The summed E-state index contributed by atoms with van der Waals surface area (Å²) < 4.78 is 27.1. The molecule has 1 fully saturated rings. The summed E-state index contributed by atoms with van der Waals surface area (Å²) >= 11 is 0. The first kappa shape index (κ1) is 14.2. The van der Waals surface area contributed by atoms with E-state index in [1.807, 2.05) is 0 Å². The summed E-state index contributed by atoms with van der Waals surface area (Å²) in [5, 5.41) is 3.10. The Morgan fingerprint density at radius 2 is 2.26 bits per heavy atom. The van der Waals surface area contributed by atoms with Crippen LogP contribution in [0.2, 0.25) is 0 Å². The Morgan fingerprint density at radius 3 is 2.89 bits per heavy atom. The molecule has 104 valence electrons. The summed E-state index contributed by atoms with van der Waals surface area (Å²) in [6.45, 7) is 3.22. The van der Waals surface area contributed by atoms with E-state index in [0.29, 0.717) is 18.5 Å². The lowest BCUT2D eigenvalue weighted by Crippen LogP contribution is -2.36. The smallest absolute Gasteiger partial charge is 0.240 e. The zero-order valence-corrected chi connectivity index (χ0v) is 11.7. The minimum absolute atomic E-state index is 0.0559. The van der Waals surface area contributed by atoms with E-state index in [1.54, 1.807) is 19.1 Å². The van der Waals surface area contributed by atoms with Crippen molar-refractivity contribution in [2.75, 3.05) is 13.1 Å². The minimum Gasteiger partial charge on any atom is -0.315 e. The van der Waals surface area contributed by atoms with Crippen LogP contribution in [0.1, 0.15) is 30.1 Å². The molecule has 5 nitrogen and oxygen atoms in total. The number of benzene rings is 1. The fourth-order valence-electron chi connectivity index (χ4n) is 2.08. The Kier molecular flexibility index (Phi) is 4.34. The fourth-order valence-corrected chi connectivity index (χ4v) is 3.40. The second-order valence-electron chi connectivity index (χ2n) is 4.62. The molecular weight excluding hydrogens is 264 g/mol. The highest BCUT2D eigenvalue weighted by Gasteiger charge is 2.23. The van der Waals surface area contributed by atoms with Gasteiger partial charge in [0.05, 0.1) is 4.90 Å². The lowest BCUT2D eigenvalue weighted by Gasteiger charge is -2.12. The van der Waals surface area contributed by atoms with Crippen molar-refractivity contribution < 1.29 is 13.2 Å². The summed E-state index contributed by atoms with van der Waals surface area (Å²) in [7, 11) is -3.55. The van der Waals surface area contributed by atoms with E-state index in [4.69, 9.17) is 0 Å². The van der Waals surface area contributed by atoms with Crippen LogP contribution >= 0.6 is 0 Å². The number of ketones is 1. The maximum absolute atomic E-state index is 12.2. The highest BCUT2D eigenvalue weighted by Crippen LogP contribution is 2.14. The lowest BCUT2D eigenvalue weighted by molar-refractivity contribution is 0.0988. The summed E-state index contributed by atoms with van der Waals surface area (Å²) in [5.41, 5.74) is 0.440. The first-order chi connectivity index (χ1) is 9.03. The van der Waals surface area contributed by atoms with Crippen LogP contribution < -0.4 is 10.0 Å². The van der Waals surface area contributed by atoms with Crippen molar-refractivity contribution in [1.82, 2.24) is 10.0 Å². The van der Waals surface area contributed by atoms with E-state index >= 15 is 0 Å². The highest BCUT2D eigenvalue weighted by atomic mass is 32.2. The topological polar surface area (TPSA) is 75.3 Å². The van der Waals surface area contributed by atoms with Crippen LogP contribution in [0.15, 0.2) is 29.2 Å². The van der Waals surface area contributed by atoms with Gasteiger partial charge >= 0.3 is 0 Å². The number of hydrogen-bond donors (Lipinski definition) is 2. The second kappa shape index (κ2) is 5.81. The zero-order valence-electron chi connectivity index (χ0n) is 10.8. The first-order valence-electron chi connectivity index (χ1n) is 6.39. The number of carbonyl (C=O) groups is 1. The van der Waals surface area contributed by atoms with E-state index in [0.717, 1.165) is 13.0 Å². The number of hydrogen-bond acceptors (Lipinski definition) is 4. The van der Waals surface area contributed by atoms with E-state index in [9.17, 15) is 13.2 Å². The molecule has 0 saturated carbocycles. The lowest BCUT2D eigenvalue weighted by atomic mass is 10.1. The van der Waals surface area contributed by atoms with E-state index in [2.05, 4.69) is 10.0 Å². The third kappa shape index (κ3) is 3.40. The van der Waals surface area contributed by atoms with E-state index in [1.165, 1.54) is 12.1 Å². The molecule has 0 radical (unpaired) electrons. The molecule has 0 amide bonds. The van der Waals surface area contributed by atoms with Crippen molar-refractivity contribution in [3.05, 3.63) is 29.8 Å². The average molecular weight is 282 g/mol. The molecule has 1 atom stereocenters. The van der Waals surface area contributed by atoms with Crippen LogP contribution in [0.25, 0.3) is 0 Å². The Labute approximate surface area is 113 Å². The molecule has 1 saturated heterocycles. The number of sulfonamides is 1. The van der Waals surface area contributed by atoms with Gasteiger partial charge in [0.2, 0.25) is 10.0 Å². The van der Waals surface area contributed by atoms with Crippen molar-refractivity contribution in [2.24, 2.45) is 0 Å². The Bertz CT molecular complexity index is 563. The van der Waals surface area contributed by atoms with E-state index in [-0.39, 0.29) is 16.7 Å². The number of Topliss-reactive ketones (excluding diaryl/α,β-unsaturated/α-hetero) is 1. The highest BCUT2D eigenvalue weighted by molar-refractivity contribution is 7.89. The second-order valence-corrected chi connectivity index (χ2v) is 6.33. The quantitative estimate of drug-likeness (QED) is 0.788. The van der Waals surface area contributed by atoms with Gasteiger partial charge in [0.1, 0.15) is 0 Å². The van der Waals surface area contributed by atoms with Crippen LogP contribution in [0.5, 0.6) is 0 Å². The Hall–Kier alpha value is -1.24. The first-order valence-corrected chi connectivity index (χ1v) is 7.87. The summed E-state index contributed by atoms with van der Waals surface area (Å²) in [5.74, 6) is -0.0559. The van der Waals surface area contributed by atoms with Crippen LogP contribution in [0.3, 0.4) is 0 Å². The molecule has 0 aliphatic carbocycles. The van der Waals surface area contributed by atoms with Crippen molar-refractivity contribution in [2.45, 2.75) is 30.7 Å². The molecule has 2 N–H and O–H groups in total. The predicted molar refractivity (Wildman–Crippen MR) is 72.7 cm³/mol. The van der Waals surface area contributed by atoms with Gasteiger partial charge in [0, 0.05) is 24.6 Å². The molecule has 1 aliphatic heterocycles. The maximum Gasteiger partial charge on any atom is 0.240 e. The van der Waals surface area contributed by atoms with Gasteiger partial charge < -0.3 is 5.32 Å². The molecule has 0 bridgehead atoms. The number of rotatable bonds is 5. The van der Waals surface area contributed by atoms with Gasteiger partial charge in [-0.25, -0.2) is 13.1 Å². The monoisotopic (exact) mass is 282 g/mol. The van der Waals surface area contributed by atoms with Crippen LogP contribution in [0.4, 0.5) is 0 Å². The Morgan fingerprint density at radius 1 is 1.47 bits per heavy atom. The zero-order chi connectivity index (χ0) is 13.9. The Balaban J connectivity index is 2.22. The van der Waals surface area contributed by atoms with Crippen molar-refractivity contribution in [3.63, 3.8) is 0 Å². The molecular formula is C13H18N2O3S. The van der Waals surface area contributed by atoms with Crippen molar-refractivity contribution in [1.29, 1.82) is 0 Å². The minimum atomic E-state index is -3.55. The van der Waals surface area contributed by atoms with Gasteiger partial charge in [-0.1, -0.05) is 19.1 Å². The molecule has 1 aromatic carbocycles. The molecule has 2 rings (SSSR count). The van der Waals surface area contributed by atoms with Crippen LogP contribution in [0, 0.1) is 0 Å². The molecule has 1 heterocycles. The standard InChI is InChI=1S/C13H18N2O3S/c1-2-13(16)10-4-3-5-12(8-10)19(17,18)15-11-6-7-14-9-11/h3-5,8,11,14-15H,2,6-7,9H2,1H3. The molecule has 1 unspecified atom stereocenters. The normalized spacial score (nSPS) is 19.5. The summed E-state index contributed by atoms with van der Waals surface area (Å²) in [6, 6.07) is 6.12. The van der Waals surface area contributed by atoms with E-state index < -0.39 is 10.0 Å². The number of nitrogens with one attached hydrogen (secondary N) is 2. The summed E-state index contributed by atoms with van der Waals surface area (Å²) in [6.07, 6.45) is 1.15. The predicted octanol–water partition coefficient (Wildman–Crippen LogP) is 0.920. The van der Waals surface area contributed by atoms with Crippen LogP contribution in [-0.2, 0) is 10.0 Å². The molecule has 0 spiro atoms. The average Bonchev–Trinajstić information content (AvgIpc) is 2.90. The third-order valence-corrected chi connectivity index (χ3v) is 4.69. The molecule has 0 aromatic heterocycles. The third-order valence-electron chi connectivity index (χ3n) is 3.17. The van der Waals surface area contributed by atoms with Gasteiger partial charge in [-0.2, -0.15) is 0 Å². The molecule has 19 heavy (non-hydrogen) atoms. The van der Waals surface area contributed by atoms with Crippen molar-refractivity contribution >= 4 is 15.8 Å². The number of carbonyl (C=O) groups excluding carboxylic acids is 1. The molecule has 6 heteroatoms. The summed E-state index contributed by atoms with van der Waals surface area (Å²) in [4.78, 5) is 11.8. The van der Waals surface area contributed by atoms with Crippen LogP contribution in [-0.4, -0.2) is 33.3 Å². The van der Waals surface area contributed by atoms with Crippen molar-refractivity contribution in [3.8, 4) is 0 Å². The molecule has 1 aromatic rings.